The van der Waals surface area contributed by atoms with E-state index in [1.165, 1.54) is 24.8 Å². The molecule has 3 heterocycles. The van der Waals surface area contributed by atoms with Crippen LogP contribution in [0.25, 0.3) is 0 Å². The molecular weight excluding hydrogens is 328 g/mol. The lowest BCUT2D eigenvalue weighted by Gasteiger charge is -2.24. The fraction of sp³-hybridized carbons (Fsp3) is 0.737. The van der Waals surface area contributed by atoms with Gasteiger partial charge in [-0.2, -0.15) is 5.10 Å². The summed E-state index contributed by atoms with van der Waals surface area (Å²) >= 11 is 0. The minimum atomic E-state index is 0.208. The summed E-state index contributed by atoms with van der Waals surface area (Å²) in [5, 5.41) is 23.3. The first-order chi connectivity index (χ1) is 12.6. The zero-order valence-electron chi connectivity index (χ0n) is 16.0. The van der Waals surface area contributed by atoms with Crippen LogP contribution in [-0.4, -0.2) is 54.2 Å². The average molecular weight is 358 g/mol. The second-order valence-electron chi connectivity index (χ2n) is 8.25. The summed E-state index contributed by atoms with van der Waals surface area (Å²) < 4.78 is 4.18. The van der Waals surface area contributed by atoms with Gasteiger partial charge < -0.3 is 9.67 Å². The van der Waals surface area contributed by atoms with Gasteiger partial charge in [-0.15, -0.1) is 10.2 Å². The van der Waals surface area contributed by atoms with Crippen molar-refractivity contribution in [3.05, 3.63) is 29.6 Å². The SMILES string of the molecule is CC(C)n1cc([C@@H]2CN(Cc3nnc(C4CCC4)n3C)C[C@H]2CO)cn1. The second kappa shape index (κ2) is 7.12. The van der Waals surface area contributed by atoms with Gasteiger partial charge in [0.1, 0.15) is 11.6 Å². The summed E-state index contributed by atoms with van der Waals surface area (Å²) in [6, 6.07) is 0.359. The number of aromatic nitrogens is 5. The molecule has 142 valence electrons. The highest BCUT2D eigenvalue weighted by atomic mass is 16.3. The Balaban J connectivity index is 1.46. The molecule has 2 atom stereocenters. The van der Waals surface area contributed by atoms with E-state index in [0.717, 1.165) is 31.3 Å². The Morgan fingerprint density at radius 2 is 2.04 bits per heavy atom. The van der Waals surface area contributed by atoms with Crippen molar-refractivity contribution in [3.8, 4) is 0 Å². The van der Waals surface area contributed by atoms with Crippen LogP contribution < -0.4 is 0 Å². The van der Waals surface area contributed by atoms with Crippen molar-refractivity contribution in [1.29, 1.82) is 0 Å². The number of rotatable bonds is 6. The van der Waals surface area contributed by atoms with Gasteiger partial charge in [-0.25, -0.2) is 0 Å². The molecular formula is C19H30N6O. The number of aliphatic hydroxyl groups is 1. The first kappa shape index (κ1) is 17.7. The molecule has 7 heteroatoms. The Kier molecular flexibility index (Phi) is 4.84. The predicted molar refractivity (Wildman–Crippen MR) is 98.8 cm³/mol. The minimum absolute atomic E-state index is 0.208. The lowest BCUT2D eigenvalue weighted by Crippen LogP contribution is -2.23. The monoisotopic (exact) mass is 358 g/mol. The summed E-state index contributed by atoms with van der Waals surface area (Å²) in [7, 11) is 2.09. The molecule has 7 nitrogen and oxygen atoms in total. The Morgan fingerprint density at radius 3 is 2.65 bits per heavy atom. The smallest absolute Gasteiger partial charge is 0.146 e. The van der Waals surface area contributed by atoms with Gasteiger partial charge in [-0.05, 0) is 32.3 Å². The number of hydrogen-bond donors (Lipinski definition) is 1. The zero-order valence-corrected chi connectivity index (χ0v) is 16.0. The van der Waals surface area contributed by atoms with Gasteiger partial charge in [0.15, 0.2) is 0 Å². The van der Waals surface area contributed by atoms with E-state index in [9.17, 15) is 5.11 Å². The van der Waals surface area contributed by atoms with Crippen LogP contribution in [0, 0.1) is 5.92 Å². The fourth-order valence-corrected chi connectivity index (χ4v) is 4.21. The largest absolute Gasteiger partial charge is 0.396 e. The minimum Gasteiger partial charge on any atom is -0.396 e. The number of likely N-dealkylation sites (tertiary alicyclic amines) is 1. The molecule has 0 aromatic carbocycles. The molecule has 0 amide bonds. The van der Waals surface area contributed by atoms with Crippen molar-refractivity contribution in [2.24, 2.45) is 13.0 Å². The summed E-state index contributed by atoms with van der Waals surface area (Å²) in [5.74, 6) is 3.34. The fourth-order valence-electron chi connectivity index (χ4n) is 4.21. The Morgan fingerprint density at radius 1 is 1.23 bits per heavy atom. The van der Waals surface area contributed by atoms with Crippen LogP contribution in [0.2, 0.25) is 0 Å². The molecule has 2 aromatic rings. The van der Waals surface area contributed by atoms with Gasteiger partial charge in [0.25, 0.3) is 0 Å². The maximum Gasteiger partial charge on any atom is 0.146 e. The molecule has 2 aliphatic rings. The third-order valence-electron chi connectivity index (χ3n) is 6.16. The number of nitrogens with zero attached hydrogens (tertiary/aromatic N) is 6. The topological polar surface area (TPSA) is 72.0 Å². The summed E-state index contributed by atoms with van der Waals surface area (Å²) in [5.41, 5.74) is 1.23. The normalized spacial score (nSPS) is 24.5. The predicted octanol–water partition coefficient (Wildman–Crippen LogP) is 2.07. The van der Waals surface area contributed by atoms with E-state index < -0.39 is 0 Å². The molecule has 4 rings (SSSR count). The lowest BCUT2D eigenvalue weighted by molar-refractivity contribution is 0.212. The van der Waals surface area contributed by atoms with E-state index in [4.69, 9.17) is 0 Å². The van der Waals surface area contributed by atoms with Crippen molar-refractivity contribution in [2.75, 3.05) is 19.7 Å². The third kappa shape index (κ3) is 3.18. The van der Waals surface area contributed by atoms with Gasteiger partial charge in [0.05, 0.1) is 12.7 Å². The molecule has 1 saturated carbocycles. The van der Waals surface area contributed by atoms with E-state index in [0.29, 0.717) is 17.9 Å². The molecule has 2 aromatic heterocycles. The van der Waals surface area contributed by atoms with Crippen molar-refractivity contribution >= 4 is 0 Å². The highest BCUT2D eigenvalue weighted by molar-refractivity contribution is 5.17. The van der Waals surface area contributed by atoms with Crippen LogP contribution in [0.1, 0.15) is 68.2 Å². The van der Waals surface area contributed by atoms with Crippen molar-refractivity contribution in [2.45, 2.75) is 57.5 Å². The molecule has 1 aliphatic carbocycles. The van der Waals surface area contributed by atoms with Crippen molar-refractivity contribution in [3.63, 3.8) is 0 Å². The van der Waals surface area contributed by atoms with Gasteiger partial charge in [0, 0.05) is 56.7 Å². The number of aliphatic hydroxyl groups excluding tert-OH is 1. The van der Waals surface area contributed by atoms with Crippen LogP contribution >= 0.6 is 0 Å². The Labute approximate surface area is 155 Å². The molecule has 2 fully saturated rings. The highest BCUT2D eigenvalue weighted by Gasteiger charge is 2.35. The second-order valence-corrected chi connectivity index (χ2v) is 8.25. The molecule has 0 unspecified atom stereocenters. The zero-order chi connectivity index (χ0) is 18.3. The van der Waals surface area contributed by atoms with E-state index in [-0.39, 0.29) is 12.5 Å². The van der Waals surface area contributed by atoms with E-state index in [1.54, 1.807) is 0 Å². The van der Waals surface area contributed by atoms with Crippen LogP contribution in [-0.2, 0) is 13.6 Å². The third-order valence-corrected chi connectivity index (χ3v) is 6.16. The van der Waals surface area contributed by atoms with Crippen LogP contribution in [0.5, 0.6) is 0 Å². The number of hydrogen-bond acceptors (Lipinski definition) is 5. The Bertz CT molecular complexity index is 747. The van der Waals surface area contributed by atoms with Gasteiger partial charge in [-0.1, -0.05) is 6.42 Å². The highest BCUT2D eigenvalue weighted by Crippen LogP contribution is 2.36. The molecule has 0 spiro atoms. The molecule has 1 N–H and O–H groups in total. The van der Waals surface area contributed by atoms with Crippen LogP contribution in [0.3, 0.4) is 0 Å². The summed E-state index contributed by atoms with van der Waals surface area (Å²) in [6.07, 6.45) is 7.89. The van der Waals surface area contributed by atoms with E-state index in [1.807, 2.05) is 10.9 Å². The van der Waals surface area contributed by atoms with Crippen LogP contribution in [0.4, 0.5) is 0 Å². The standard InChI is InChI=1S/C19H30N6O/c1-13(2)25-9-15(7-20-25)17-10-24(8-16(17)12-26)11-18-21-22-19(23(18)3)14-5-4-6-14/h7,9,13-14,16-17,26H,4-6,8,10-12H2,1-3H3/t16-,17-/m0/s1. The Hall–Kier alpha value is -1.73. The van der Waals surface area contributed by atoms with Gasteiger partial charge >= 0.3 is 0 Å². The average Bonchev–Trinajstić information content (AvgIpc) is 3.27. The van der Waals surface area contributed by atoms with E-state index in [2.05, 4.69) is 51.9 Å². The molecule has 0 radical (unpaired) electrons. The maximum atomic E-state index is 9.88. The molecule has 26 heavy (non-hydrogen) atoms. The molecule has 1 aliphatic heterocycles. The van der Waals surface area contributed by atoms with Gasteiger partial charge in [0.2, 0.25) is 0 Å². The quantitative estimate of drug-likeness (QED) is 0.856. The maximum absolute atomic E-state index is 9.88. The van der Waals surface area contributed by atoms with Gasteiger partial charge in [-0.3, -0.25) is 9.58 Å². The van der Waals surface area contributed by atoms with Crippen molar-refractivity contribution in [1.82, 2.24) is 29.4 Å². The van der Waals surface area contributed by atoms with E-state index >= 15 is 0 Å². The van der Waals surface area contributed by atoms with Crippen molar-refractivity contribution < 1.29 is 5.11 Å². The molecule has 0 bridgehead atoms. The molecule has 1 saturated heterocycles. The first-order valence-corrected chi connectivity index (χ1v) is 9.82. The summed E-state index contributed by atoms with van der Waals surface area (Å²) in [6.45, 7) is 7.09. The van der Waals surface area contributed by atoms with Crippen LogP contribution in [0.15, 0.2) is 12.4 Å². The first-order valence-electron chi connectivity index (χ1n) is 9.82. The summed E-state index contributed by atoms with van der Waals surface area (Å²) in [4.78, 5) is 2.40. The lowest BCUT2D eigenvalue weighted by atomic mass is 9.85.